The molecule has 0 saturated heterocycles. The molecule has 1 aromatic carbocycles. The monoisotopic (exact) mass is 309 g/mol. The van der Waals surface area contributed by atoms with Gasteiger partial charge in [-0.3, -0.25) is 9.78 Å². The molecule has 0 aliphatic heterocycles. The molecule has 0 radical (unpaired) electrons. The maximum Gasteiger partial charge on any atom is 0.150 e. The van der Waals surface area contributed by atoms with Gasteiger partial charge in [0.1, 0.15) is 6.29 Å². The number of nitrogens with zero attached hydrogens (tertiary/aromatic N) is 1. The second kappa shape index (κ2) is 4.53. The first-order chi connectivity index (χ1) is 7.29. The Balaban J connectivity index is 2.49. The van der Waals surface area contributed by atoms with E-state index in [1.807, 2.05) is 24.3 Å². The van der Waals surface area contributed by atoms with Gasteiger partial charge in [0, 0.05) is 27.1 Å². The molecule has 2 rings (SSSR count). The number of benzene rings is 1. The summed E-state index contributed by atoms with van der Waals surface area (Å²) in [5.74, 6) is 0. The summed E-state index contributed by atoms with van der Waals surface area (Å²) in [5, 5.41) is 0. The van der Waals surface area contributed by atoms with Gasteiger partial charge in [-0.2, -0.15) is 0 Å². The van der Waals surface area contributed by atoms with Crippen molar-refractivity contribution in [3.05, 3.63) is 51.9 Å². The van der Waals surface area contributed by atoms with Crippen molar-refractivity contribution in [1.29, 1.82) is 0 Å². The Kier molecular flexibility index (Phi) is 3.11. The van der Waals surface area contributed by atoms with Crippen LogP contribution < -0.4 is 0 Å². The van der Waals surface area contributed by atoms with Gasteiger partial charge in [0.25, 0.3) is 0 Å². The zero-order valence-corrected chi connectivity index (χ0v) is 10.0. The molecule has 0 saturated carbocycles. The van der Waals surface area contributed by atoms with Crippen molar-refractivity contribution in [2.45, 2.75) is 0 Å². The van der Waals surface area contributed by atoms with E-state index in [4.69, 9.17) is 0 Å². The van der Waals surface area contributed by atoms with Crippen LogP contribution in [-0.4, -0.2) is 11.3 Å². The highest BCUT2D eigenvalue weighted by atomic mass is 127. The molecule has 0 bridgehead atoms. The largest absolute Gasteiger partial charge is 0.298 e. The van der Waals surface area contributed by atoms with E-state index in [1.54, 1.807) is 18.5 Å². The first kappa shape index (κ1) is 10.3. The molecule has 2 nitrogen and oxygen atoms in total. The maximum atomic E-state index is 10.6. The van der Waals surface area contributed by atoms with Gasteiger partial charge in [0.15, 0.2) is 0 Å². The molecular weight excluding hydrogens is 301 g/mol. The Morgan fingerprint density at radius 1 is 1.13 bits per heavy atom. The van der Waals surface area contributed by atoms with Crippen LogP contribution in [0.2, 0.25) is 0 Å². The Morgan fingerprint density at radius 3 is 2.73 bits per heavy atom. The van der Waals surface area contributed by atoms with Gasteiger partial charge in [-0.25, -0.2) is 0 Å². The standard InChI is InChI=1S/C12H8INO/c13-12-5-11(6-14-7-12)10-3-1-2-9(4-10)8-15/h1-8H. The van der Waals surface area contributed by atoms with Crippen LogP contribution in [-0.2, 0) is 0 Å². The highest BCUT2D eigenvalue weighted by Crippen LogP contribution is 2.20. The van der Waals surface area contributed by atoms with Crippen LogP contribution in [0.25, 0.3) is 11.1 Å². The van der Waals surface area contributed by atoms with Crippen molar-refractivity contribution < 1.29 is 4.79 Å². The predicted molar refractivity (Wildman–Crippen MR) is 67.8 cm³/mol. The fraction of sp³-hybridized carbons (Fsp3) is 0. The van der Waals surface area contributed by atoms with Crippen LogP contribution >= 0.6 is 22.6 Å². The summed E-state index contributed by atoms with van der Waals surface area (Å²) < 4.78 is 1.08. The SMILES string of the molecule is O=Cc1cccc(-c2cncc(I)c2)c1. The first-order valence-electron chi connectivity index (χ1n) is 4.46. The molecule has 0 spiro atoms. The van der Waals surface area contributed by atoms with Crippen molar-refractivity contribution in [2.24, 2.45) is 0 Å². The van der Waals surface area contributed by atoms with Gasteiger partial charge in [0.05, 0.1) is 0 Å². The molecule has 74 valence electrons. The second-order valence-corrected chi connectivity index (χ2v) is 4.38. The molecule has 1 heterocycles. The van der Waals surface area contributed by atoms with Gasteiger partial charge < -0.3 is 0 Å². The van der Waals surface area contributed by atoms with E-state index in [0.29, 0.717) is 5.56 Å². The highest BCUT2D eigenvalue weighted by molar-refractivity contribution is 14.1. The van der Waals surface area contributed by atoms with E-state index < -0.39 is 0 Å². The number of rotatable bonds is 2. The van der Waals surface area contributed by atoms with E-state index in [-0.39, 0.29) is 0 Å². The van der Waals surface area contributed by atoms with E-state index in [9.17, 15) is 4.79 Å². The van der Waals surface area contributed by atoms with Gasteiger partial charge in [-0.15, -0.1) is 0 Å². The smallest absolute Gasteiger partial charge is 0.150 e. The number of hydrogen-bond acceptors (Lipinski definition) is 2. The molecule has 0 fully saturated rings. The lowest BCUT2D eigenvalue weighted by Crippen LogP contribution is -1.84. The summed E-state index contributed by atoms with van der Waals surface area (Å²) in [6.45, 7) is 0. The summed E-state index contributed by atoms with van der Waals surface area (Å²) in [5.41, 5.74) is 2.74. The quantitative estimate of drug-likeness (QED) is 0.630. The van der Waals surface area contributed by atoms with E-state index in [2.05, 4.69) is 27.6 Å². The number of aromatic nitrogens is 1. The van der Waals surface area contributed by atoms with Gasteiger partial charge in [-0.05, 0) is 40.3 Å². The zero-order valence-electron chi connectivity index (χ0n) is 7.85. The highest BCUT2D eigenvalue weighted by Gasteiger charge is 1.99. The Hall–Kier alpha value is -1.23. The fourth-order valence-electron chi connectivity index (χ4n) is 1.36. The molecule has 0 aliphatic rings. The minimum atomic E-state index is 0.686. The van der Waals surface area contributed by atoms with Crippen LogP contribution in [0.4, 0.5) is 0 Å². The summed E-state index contributed by atoms with van der Waals surface area (Å²) >= 11 is 2.22. The van der Waals surface area contributed by atoms with Crippen molar-refractivity contribution in [3.8, 4) is 11.1 Å². The molecule has 0 unspecified atom stereocenters. The Morgan fingerprint density at radius 2 is 2.00 bits per heavy atom. The fourth-order valence-corrected chi connectivity index (χ4v) is 1.86. The minimum absolute atomic E-state index is 0.686. The number of hydrogen-bond donors (Lipinski definition) is 0. The first-order valence-corrected chi connectivity index (χ1v) is 5.53. The molecule has 0 amide bonds. The average Bonchev–Trinajstić information content (AvgIpc) is 2.29. The molecule has 1 aromatic heterocycles. The lowest BCUT2D eigenvalue weighted by molar-refractivity contribution is 0.112. The Bertz CT molecular complexity index is 496. The van der Waals surface area contributed by atoms with Crippen LogP contribution in [0, 0.1) is 3.57 Å². The van der Waals surface area contributed by atoms with Crippen LogP contribution in [0.1, 0.15) is 10.4 Å². The van der Waals surface area contributed by atoms with Gasteiger partial charge in [-0.1, -0.05) is 18.2 Å². The normalized spacial score (nSPS) is 9.93. The lowest BCUT2D eigenvalue weighted by Gasteiger charge is -2.01. The van der Waals surface area contributed by atoms with Crippen molar-refractivity contribution in [3.63, 3.8) is 0 Å². The van der Waals surface area contributed by atoms with Crippen molar-refractivity contribution in [2.75, 3.05) is 0 Å². The number of aldehydes is 1. The van der Waals surface area contributed by atoms with E-state index in [0.717, 1.165) is 21.0 Å². The number of halogens is 1. The molecule has 0 N–H and O–H groups in total. The molecule has 0 atom stereocenters. The van der Waals surface area contributed by atoms with E-state index >= 15 is 0 Å². The third kappa shape index (κ3) is 2.41. The zero-order chi connectivity index (χ0) is 10.7. The topological polar surface area (TPSA) is 30.0 Å². The summed E-state index contributed by atoms with van der Waals surface area (Å²) in [6.07, 6.45) is 4.45. The Labute approximate surface area is 101 Å². The van der Waals surface area contributed by atoms with Gasteiger partial charge in [0.2, 0.25) is 0 Å². The third-order valence-corrected chi connectivity index (χ3v) is 2.65. The maximum absolute atomic E-state index is 10.6. The number of pyridine rings is 1. The van der Waals surface area contributed by atoms with Crippen LogP contribution in [0.15, 0.2) is 42.7 Å². The van der Waals surface area contributed by atoms with Crippen LogP contribution in [0.5, 0.6) is 0 Å². The predicted octanol–water partition coefficient (Wildman–Crippen LogP) is 3.17. The van der Waals surface area contributed by atoms with Gasteiger partial charge >= 0.3 is 0 Å². The van der Waals surface area contributed by atoms with Crippen LogP contribution in [0.3, 0.4) is 0 Å². The molecule has 3 heteroatoms. The summed E-state index contributed by atoms with van der Waals surface area (Å²) in [7, 11) is 0. The number of carbonyl (C=O) groups excluding carboxylic acids is 1. The lowest BCUT2D eigenvalue weighted by atomic mass is 10.1. The van der Waals surface area contributed by atoms with E-state index in [1.165, 1.54) is 0 Å². The second-order valence-electron chi connectivity index (χ2n) is 3.14. The molecular formula is C12H8INO. The summed E-state index contributed by atoms with van der Waals surface area (Å²) in [6, 6.07) is 9.54. The van der Waals surface area contributed by atoms with Crippen molar-refractivity contribution in [1.82, 2.24) is 4.98 Å². The third-order valence-electron chi connectivity index (χ3n) is 2.06. The molecule has 15 heavy (non-hydrogen) atoms. The summed E-state index contributed by atoms with van der Waals surface area (Å²) in [4.78, 5) is 14.8. The number of carbonyl (C=O) groups is 1. The molecule has 0 aliphatic carbocycles. The van der Waals surface area contributed by atoms with Crippen molar-refractivity contribution >= 4 is 28.9 Å². The molecule has 2 aromatic rings. The average molecular weight is 309 g/mol. The minimum Gasteiger partial charge on any atom is -0.298 e.